The maximum Gasteiger partial charge on any atom is 0.263 e. The Labute approximate surface area is 125 Å². The minimum atomic E-state index is -0.602. The van der Waals surface area contributed by atoms with Gasteiger partial charge in [0.05, 0.1) is 16.5 Å². The van der Waals surface area contributed by atoms with Gasteiger partial charge in [-0.1, -0.05) is 11.6 Å². The number of nitrogens with zero attached hydrogens (tertiary/aromatic N) is 2. The van der Waals surface area contributed by atoms with E-state index in [0.717, 1.165) is 0 Å². The molecule has 5 nitrogen and oxygen atoms in total. The summed E-state index contributed by atoms with van der Waals surface area (Å²) in [5, 5.41) is 9.44. The third kappa shape index (κ3) is 2.23. The number of aliphatic hydroxyl groups excluding tert-OH is 1. The molecule has 1 aliphatic carbocycles. The number of hydrogen-bond donors (Lipinski definition) is 2. The fourth-order valence-electron chi connectivity index (χ4n) is 2.63. The van der Waals surface area contributed by atoms with E-state index in [1.165, 1.54) is 16.7 Å². The molecule has 2 aromatic rings. The normalized spacial score (nSPS) is 22.5. The number of benzene rings is 1. The van der Waals surface area contributed by atoms with Gasteiger partial charge < -0.3 is 10.8 Å². The molecule has 1 saturated carbocycles. The van der Waals surface area contributed by atoms with Gasteiger partial charge in [-0.25, -0.2) is 9.37 Å². The van der Waals surface area contributed by atoms with E-state index in [2.05, 4.69) is 4.98 Å². The highest BCUT2D eigenvalue weighted by Gasteiger charge is 2.41. The molecule has 1 aromatic carbocycles. The van der Waals surface area contributed by atoms with Gasteiger partial charge in [-0.2, -0.15) is 0 Å². The summed E-state index contributed by atoms with van der Waals surface area (Å²) in [5.74, 6) is -0.281. The molecular formula is C14H15ClFN3O2. The highest BCUT2D eigenvalue weighted by Crippen LogP contribution is 2.43. The molecule has 3 N–H and O–H groups in total. The van der Waals surface area contributed by atoms with E-state index >= 15 is 0 Å². The monoisotopic (exact) mass is 311 g/mol. The fraction of sp³-hybridized carbons (Fsp3) is 0.429. The molecule has 0 amide bonds. The Balaban J connectivity index is 2.35. The lowest BCUT2D eigenvalue weighted by Crippen LogP contribution is -2.29. The maximum absolute atomic E-state index is 13.9. The first-order valence-electron chi connectivity index (χ1n) is 6.72. The first kappa shape index (κ1) is 14.4. The van der Waals surface area contributed by atoms with Gasteiger partial charge in [-0.05, 0) is 25.5 Å². The van der Waals surface area contributed by atoms with Crippen LogP contribution in [0.25, 0.3) is 10.9 Å². The molecule has 1 heterocycles. The van der Waals surface area contributed by atoms with Crippen molar-refractivity contribution in [2.75, 3.05) is 6.61 Å². The summed E-state index contributed by atoms with van der Waals surface area (Å²) in [6, 6.07) is 1.84. The van der Waals surface area contributed by atoms with Crippen LogP contribution in [-0.4, -0.2) is 21.3 Å². The van der Waals surface area contributed by atoms with E-state index in [1.807, 2.05) is 0 Å². The van der Waals surface area contributed by atoms with Gasteiger partial charge in [-0.15, -0.1) is 0 Å². The second-order valence-corrected chi connectivity index (χ2v) is 5.84. The summed E-state index contributed by atoms with van der Waals surface area (Å²) in [6.45, 7) is 1.67. The zero-order valence-electron chi connectivity index (χ0n) is 11.4. The lowest BCUT2D eigenvalue weighted by Gasteiger charge is -2.16. The van der Waals surface area contributed by atoms with Crippen molar-refractivity contribution in [1.82, 2.24) is 9.55 Å². The molecule has 112 valence electrons. The van der Waals surface area contributed by atoms with E-state index in [9.17, 15) is 14.3 Å². The molecule has 1 fully saturated rings. The summed E-state index contributed by atoms with van der Waals surface area (Å²) >= 11 is 6.03. The van der Waals surface area contributed by atoms with Crippen molar-refractivity contribution in [3.8, 4) is 0 Å². The molecule has 2 unspecified atom stereocenters. The highest BCUT2D eigenvalue weighted by molar-refractivity contribution is 6.35. The van der Waals surface area contributed by atoms with Crippen LogP contribution >= 0.6 is 11.6 Å². The Hall–Kier alpha value is -1.50. The quantitative estimate of drug-likeness (QED) is 0.905. The number of aliphatic hydroxyl groups is 1. The lowest BCUT2D eigenvalue weighted by molar-refractivity contribution is 0.267. The van der Waals surface area contributed by atoms with Gasteiger partial charge >= 0.3 is 0 Å². The summed E-state index contributed by atoms with van der Waals surface area (Å²) in [4.78, 5) is 16.9. The largest absolute Gasteiger partial charge is 0.396 e. The van der Waals surface area contributed by atoms with E-state index in [-0.39, 0.29) is 34.5 Å². The van der Waals surface area contributed by atoms with Crippen LogP contribution in [0.4, 0.5) is 4.39 Å². The van der Waals surface area contributed by atoms with Crippen LogP contribution in [0.15, 0.2) is 16.9 Å². The predicted octanol–water partition coefficient (Wildman–Crippen LogP) is 1.76. The fourth-order valence-corrected chi connectivity index (χ4v) is 2.87. The number of fused-ring (bicyclic) bond motifs is 1. The van der Waals surface area contributed by atoms with Crippen molar-refractivity contribution in [1.29, 1.82) is 0 Å². The number of nitrogens with two attached hydrogens (primary N) is 1. The Kier molecular flexibility index (Phi) is 3.47. The van der Waals surface area contributed by atoms with Crippen LogP contribution in [0.2, 0.25) is 5.02 Å². The summed E-state index contributed by atoms with van der Waals surface area (Å²) in [6.07, 6.45) is 0.677. The van der Waals surface area contributed by atoms with Crippen molar-refractivity contribution < 1.29 is 9.50 Å². The van der Waals surface area contributed by atoms with Crippen LogP contribution in [-0.2, 0) is 0 Å². The molecule has 0 saturated heterocycles. The van der Waals surface area contributed by atoms with Crippen LogP contribution in [0, 0.1) is 11.7 Å². The number of aromatic nitrogens is 2. The van der Waals surface area contributed by atoms with Gasteiger partial charge in [0.1, 0.15) is 17.2 Å². The second kappa shape index (κ2) is 5.05. The predicted molar refractivity (Wildman–Crippen MR) is 77.8 cm³/mol. The van der Waals surface area contributed by atoms with Gasteiger partial charge in [0.25, 0.3) is 5.56 Å². The smallest absolute Gasteiger partial charge is 0.263 e. The van der Waals surface area contributed by atoms with Crippen molar-refractivity contribution in [3.63, 3.8) is 0 Å². The molecule has 0 spiro atoms. The third-order valence-corrected chi connectivity index (χ3v) is 4.16. The van der Waals surface area contributed by atoms with Gasteiger partial charge in [0.15, 0.2) is 0 Å². The number of hydrogen-bond acceptors (Lipinski definition) is 4. The van der Waals surface area contributed by atoms with E-state index in [0.29, 0.717) is 12.2 Å². The van der Waals surface area contributed by atoms with Crippen molar-refractivity contribution >= 4 is 22.5 Å². The van der Waals surface area contributed by atoms with Crippen molar-refractivity contribution in [2.24, 2.45) is 11.7 Å². The second-order valence-electron chi connectivity index (χ2n) is 5.43. The van der Waals surface area contributed by atoms with Crippen LogP contribution in [0.1, 0.15) is 31.3 Å². The number of rotatable bonds is 3. The zero-order chi connectivity index (χ0) is 15.3. The Morgan fingerprint density at radius 2 is 2.33 bits per heavy atom. The average molecular weight is 312 g/mol. The molecule has 21 heavy (non-hydrogen) atoms. The van der Waals surface area contributed by atoms with E-state index in [4.69, 9.17) is 17.3 Å². The molecule has 1 aromatic heterocycles. The molecule has 3 rings (SSSR count). The molecular weight excluding hydrogens is 297 g/mol. The van der Waals surface area contributed by atoms with Crippen molar-refractivity contribution in [3.05, 3.63) is 39.2 Å². The lowest BCUT2D eigenvalue weighted by atomic mass is 10.2. The first-order valence-corrected chi connectivity index (χ1v) is 7.10. The Bertz CT molecular complexity index is 775. The Morgan fingerprint density at radius 1 is 1.62 bits per heavy atom. The minimum Gasteiger partial charge on any atom is -0.396 e. The molecule has 0 aliphatic heterocycles. The molecule has 0 bridgehead atoms. The van der Waals surface area contributed by atoms with Gasteiger partial charge in [0.2, 0.25) is 0 Å². The minimum absolute atomic E-state index is 0.00628. The first-order chi connectivity index (χ1) is 9.95. The molecule has 1 aliphatic rings. The third-order valence-electron chi connectivity index (χ3n) is 3.84. The molecule has 7 heteroatoms. The van der Waals surface area contributed by atoms with E-state index in [1.54, 1.807) is 6.92 Å². The van der Waals surface area contributed by atoms with Crippen LogP contribution in [0.3, 0.4) is 0 Å². The molecule has 0 radical (unpaired) electrons. The standard InChI is InChI=1S/C14H15ClFN3O2/c1-6(17)13-18-12-9(16)3-2-8(15)11(12)14(21)19(13)10-4-7(10)5-20/h2-3,6-7,10,20H,4-5,17H2,1H3/t6-,7?,10?/m0/s1. The highest BCUT2D eigenvalue weighted by atomic mass is 35.5. The average Bonchev–Trinajstić information content (AvgIpc) is 3.21. The number of halogens is 2. The van der Waals surface area contributed by atoms with Crippen molar-refractivity contribution in [2.45, 2.75) is 25.4 Å². The SMILES string of the molecule is C[C@H](N)c1nc2c(F)ccc(Cl)c2c(=O)n1C1CC1CO. The van der Waals surface area contributed by atoms with Gasteiger partial charge in [0, 0.05) is 18.6 Å². The van der Waals surface area contributed by atoms with Crippen LogP contribution < -0.4 is 11.3 Å². The summed E-state index contributed by atoms with van der Waals surface area (Å²) in [7, 11) is 0. The Morgan fingerprint density at radius 3 is 2.90 bits per heavy atom. The zero-order valence-corrected chi connectivity index (χ0v) is 12.1. The topological polar surface area (TPSA) is 81.1 Å². The van der Waals surface area contributed by atoms with E-state index < -0.39 is 17.4 Å². The maximum atomic E-state index is 13.9. The van der Waals surface area contributed by atoms with Gasteiger partial charge in [-0.3, -0.25) is 9.36 Å². The summed E-state index contributed by atoms with van der Waals surface area (Å²) < 4.78 is 15.4. The van der Waals surface area contributed by atoms with Crippen LogP contribution in [0.5, 0.6) is 0 Å². The molecule has 3 atom stereocenters. The summed E-state index contributed by atoms with van der Waals surface area (Å²) in [5.41, 5.74) is 5.41.